The van der Waals surface area contributed by atoms with Crippen LogP contribution in [0, 0.1) is 0 Å². The Bertz CT molecular complexity index is 450. The Kier molecular flexibility index (Phi) is 6.55. The van der Waals surface area contributed by atoms with Gasteiger partial charge >= 0.3 is 0 Å². The Labute approximate surface area is 134 Å². The molecule has 4 nitrogen and oxygen atoms in total. The molecule has 1 aliphatic rings. The van der Waals surface area contributed by atoms with Crippen LogP contribution < -0.4 is 5.73 Å². The van der Waals surface area contributed by atoms with Gasteiger partial charge in [0, 0.05) is 6.54 Å². The van der Waals surface area contributed by atoms with Crippen LogP contribution in [0.2, 0.25) is 0 Å². The number of carbonyl (C=O) groups is 1. The molecule has 2 rings (SSSR count). The molecule has 0 radical (unpaired) electrons. The lowest BCUT2D eigenvalue weighted by molar-refractivity contribution is -0.110. The maximum atomic E-state index is 11.2. The quantitative estimate of drug-likeness (QED) is 0.748. The number of likely N-dealkylation sites (tertiary alicyclic amines) is 1. The molecule has 0 aromatic heterocycles. The van der Waals surface area contributed by atoms with Crippen LogP contribution >= 0.6 is 0 Å². The number of hydrogen-bond acceptors (Lipinski definition) is 4. The van der Waals surface area contributed by atoms with Crippen molar-refractivity contribution < 1.29 is 4.79 Å². The summed E-state index contributed by atoms with van der Waals surface area (Å²) in [4.78, 5) is 15.9. The molecule has 0 bridgehead atoms. The van der Waals surface area contributed by atoms with Crippen LogP contribution in [0.1, 0.15) is 43.9 Å². The summed E-state index contributed by atoms with van der Waals surface area (Å²) in [6.45, 7) is 9.53. The van der Waals surface area contributed by atoms with Crippen LogP contribution in [-0.4, -0.2) is 48.3 Å². The third-order valence-corrected chi connectivity index (χ3v) is 4.68. The van der Waals surface area contributed by atoms with Crippen LogP contribution in [0.15, 0.2) is 24.3 Å². The zero-order valence-corrected chi connectivity index (χ0v) is 13.9. The molecule has 0 spiro atoms. The lowest BCUT2D eigenvalue weighted by Gasteiger charge is -2.30. The van der Waals surface area contributed by atoms with Crippen molar-refractivity contribution in [1.29, 1.82) is 0 Å². The van der Waals surface area contributed by atoms with Gasteiger partial charge in [0.2, 0.25) is 0 Å². The summed E-state index contributed by atoms with van der Waals surface area (Å²) in [5, 5.41) is 0. The summed E-state index contributed by atoms with van der Waals surface area (Å²) < 4.78 is 0. The van der Waals surface area contributed by atoms with Gasteiger partial charge in [-0.25, -0.2) is 0 Å². The highest BCUT2D eigenvalue weighted by atomic mass is 16.1. The average molecular weight is 303 g/mol. The normalized spacial score (nSPS) is 18.5. The second-order valence-corrected chi connectivity index (χ2v) is 6.10. The van der Waals surface area contributed by atoms with E-state index in [-0.39, 0.29) is 6.04 Å². The van der Waals surface area contributed by atoms with Crippen molar-refractivity contribution >= 4 is 6.29 Å². The molecule has 2 unspecified atom stereocenters. The first-order valence-electron chi connectivity index (χ1n) is 8.45. The number of rotatable bonds is 8. The number of nitrogens with two attached hydrogens (primary N) is 1. The van der Waals surface area contributed by atoms with Crippen molar-refractivity contribution in [2.75, 3.05) is 26.2 Å². The molecule has 122 valence electrons. The third kappa shape index (κ3) is 4.15. The molecule has 0 aliphatic carbocycles. The molecule has 0 saturated carbocycles. The number of nitrogens with zero attached hydrogens (tertiary/aromatic N) is 2. The minimum Gasteiger partial charge on any atom is -0.320 e. The molecular formula is C18H29N3O. The van der Waals surface area contributed by atoms with Gasteiger partial charge < -0.3 is 10.5 Å². The van der Waals surface area contributed by atoms with Crippen molar-refractivity contribution in [2.24, 2.45) is 5.73 Å². The van der Waals surface area contributed by atoms with Gasteiger partial charge in [0.25, 0.3) is 0 Å². The maximum absolute atomic E-state index is 11.2. The van der Waals surface area contributed by atoms with Gasteiger partial charge in [-0.3, -0.25) is 9.80 Å². The summed E-state index contributed by atoms with van der Waals surface area (Å²) in [6, 6.07) is 8.20. The van der Waals surface area contributed by atoms with E-state index >= 15 is 0 Å². The Balaban J connectivity index is 2.13. The molecule has 1 aromatic rings. The van der Waals surface area contributed by atoms with Gasteiger partial charge in [-0.1, -0.05) is 38.1 Å². The molecule has 1 aromatic carbocycles. The van der Waals surface area contributed by atoms with Crippen molar-refractivity contribution in [2.45, 2.75) is 45.3 Å². The predicted octanol–water partition coefficient (Wildman–Crippen LogP) is 2.19. The van der Waals surface area contributed by atoms with Gasteiger partial charge in [0.1, 0.15) is 6.29 Å². The first-order valence-corrected chi connectivity index (χ1v) is 8.45. The maximum Gasteiger partial charge on any atom is 0.138 e. The van der Waals surface area contributed by atoms with E-state index < -0.39 is 6.04 Å². The van der Waals surface area contributed by atoms with Crippen LogP contribution in [0.4, 0.5) is 0 Å². The van der Waals surface area contributed by atoms with E-state index in [1.807, 2.05) is 0 Å². The highest BCUT2D eigenvalue weighted by Gasteiger charge is 2.28. The van der Waals surface area contributed by atoms with E-state index in [4.69, 9.17) is 5.73 Å². The molecule has 1 saturated heterocycles. The topological polar surface area (TPSA) is 49.6 Å². The Morgan fingerprint density at radius 1 is 1.18 bits per heavy atom. The zero-order valence-electron chi connectivity index (χ0n) is 13.9. The SMILES string of the molecule is CCN(CC)Cc1ccc(C(C(N)C=O)N2CCCC2)cc1. The van der Waals surface area contributed by atoms with Gasteiger partial charge in [0.05, 0.1) is 12.1 Å². The van der Waals surface area contributed by atoms with E-state index in [2.05, 4.69) is 47.9 Å². The van der Waals surface area contributed by atoms with Crippen molar-refractivity contribution in [1.82, 2.24) is 9.80 Å². The summed E-state index contributed by atoms with van der Waals surface area (Å²) in [5.74, 6) is 0. The van der Waals surface area contributed by atoms with Crippen molar-refractivity contribution in [3.63, 3.8) is 0 Å². The summed E-state index contributed by atoms with van der Waals surface area (Å²) in [7, 11) is 0. The fourth-order valence-corrected chi connectivity index (χ4v) is 3.30. The lowest BCUT2D eigenvalue weighted by Crippen LogP contribution is -2.40. The first-order chi connectivity index (χ1) is 10.7. The fraction of sp³-hybridized carbons (Fsp3) is 0.611. The number of aldehydes is 1. The lowest BCUT2D eigenvalue weighted by atomic mass is 9.98. The second kappa shape index (κ2) is 8.42. The minimum absolute atomic E-state index is 0.0162. The van der Waals surface area contributed by atoms with E-state index in [0.29, 0.717) is 0 Å². The van der Waals surface area contributed by atoms with Crippen LogP contribution in [0.3, 0.4) is 0 Å². The van der Waals surface area contributed by atoms with Gasteiger partial charge in [-0.2, -0.15) is 0 Å². The summed E-state index contributed by atoms with van der Waals surface area (Å²) in [5.41, 5.74) is 8.54. The average Bonchev–Trinajstić information content (AvgIpc) is 3.08. The molecule has 22 heavy (non-hydrogen) atoms. The molecular weight excluding hydrogens is 274 g/mol. The standard InChI is InChI=1S/C18H29N3O/c1-3-20(4-2)13-15-7-9-16(10-8-15)18(17(19)14-22)21-11-5-6-12-21/h7-10,14,17-18H,3-6,11-13,19H2,1-2H3. The third-order valence-electron chi connectivity index (χ3n) is 4.68. The molecule has 2 N–H and O–H groups in total. The monoisotopic (exact) mass is 303 g/mol. The van der Waals surface area contributed by atoms with E-state index in [9.17, 15) is 4.79 Å². The second-order valence-electron chi connectivity index (χ2n) is 6.10. The highest BCUT2D eigenvalue weighted by Crippen LogP contribution is 2.27. The van der Waals surface area contributed by atoms with Crippen LogP contribution in [-0.2, 0) is 11.3 Å². The van der Waals surface area contributed by atoms with E-state index in [1.165, 1.54) is 18.4 Å². The molecule has 1 heterocycles. The Morgan fingerprint density at radius 2 is 1.77 bits per heavy atom. The van der Waals surface area contributed by atoms with Crippen LogP contribution in [0.25, 0.3) is 0 Å². The first kappa shape index (κ1) is 17.1. The highest BCUT2D eigenvalue weighted by molar-refractivity contribution is 5.59. The van der Waals surface area contributed by atoms with Crippen LogP contribution in [0.5, 0.6) is 0 Å². The van der Waals surface area contributed by atoms with E-state index in [0.717, 1.165) is 44.6 Å². The largest absolute Gasteiger partial charge is 0.320 e. The van der Waals surface area contributed by atoms with Gasteiger partial charge in [-0.15, -0.1) is 0 Å². The van der Waals surface area contributed by atoms with E-state index in [1.54, 1.807) is 0 Å². The summed E-state index contributed by atoms with van der Waals surface area (Å²) in [6.07, 6.45) is 3.27. The molecule has 4 heteroatoms. The zero-order chi connectivity index (χ0) is 15.9. The molecule has 1 fully saturated rings. The smallest absolute Gasteiger partial charge is 0.138 e. The van der Waals surface area contributed by atoms with Crippen molar-refractivity contribution in [3.05, 3.63) is 35.4 Å². The Morgan fingerprint density at radius 3 is 2.27 bits per heavy atom. The fourth-order valence-electron chi connectivity index (χ4n) is 3.30. The molecule has 0 amide bonds. The predicted molar refractivity (Wildman–Crippen MR) is 90.7 cm³/mol. The van der Waals surface area contributed by atoms with Gasteiger partial charge in [0.15, 0.2) is 0 Å². The van der Waals surface area contributed by atoms with Gasteiger partial charge in [-0.05, 0) is 50.1 Å². The molecule has 2 atom stereocenters. The van der Waals surface area contributed by atoms with Crippen molar-refractivity contribution in [3.8, 4) is 0 Å². The number of hydrogen-bond donors (Lipinski definition) is 1. The number of carbonyl (C=O) groups excluding carboxylic acids is 1. The minimum atomic E-state index is -0.452. The Hall–Kier alpha value is -1.23. The summed E-state index contributed by atoms with van der Waals surface area (Å²) >= 11 is 0. The molecule has 1 aliphatic heterocycles. The number of benzene rings is 1.